The molecule has 0 atom stereocenters. The third-order valence-electron chi connectivity index (χ3n) is 5.50. The van der Waals surface area contributed by atoms with Crippen LogP contribution in [0.2, 0.25) is 0 Å². The van der Waals surface area contributed by atoms with E-state index in [-0.39, 0.29) is 23.7 Å². The van der Waals surface area contributed by atoms with Crippen molar-refractivity contribution in [1.82, 2.24) is 5.32 Å². The fraction of sp³-hybridized carbons (Fsp3) is 0.179. The summed E-state index contributed by atoms with van der Waals surface area (Å²) >= 11 is 0. The van der Waals surface area contributed by atoms with Gasteiger partial charge >= 0.3 is 6.03 Å². The van der Waals surface area contributed by atoms with Crippen molar-refractivity contribution >= 4 is 29.6 Å². The summed E-state index contributed by atoms with van der Waals surface area (Å²) in [7, 11) is 1.50. The number of carbonyl (C=O) groups excluding carboxylic acids is 3. The topological polar surface area (TPSA) is 94.2 Å². The number of amides is 4. The van der Waals surface area contributed by atoms with Gasteiger partial charge in [0.2, 0.25) is 0 Å². The third kappa shape index (κ3) is 5.95. The van der Waals surface area contributed by atoms with E-state index < -0.39 is 17.8 Å². The van der Waals surface area contributed by atoms with E-state index in [1.54, 1.807) is 54.6 Å². The van der Waals surface area contributed by atoms with E-state index in [4.69, 9.17) is 14.2 Å². The van der Waals surface area contributed by atoms with E-state index in [1.807, 2.05) is 6.92 Å². The monoisotopic (exact) mass is 504 g/mol. The first-order valence-electron chi connectivity index (χ1n) is 11.6. The summed E-state index contributed by atoms with van der Waals surface area (Å²) in [5.41, 5.74) is 1.17. The van der Waals surface area contributed by atoms with Crippen LogP contribution in [0, 0.1) is 5.82 Å². The molecule has 3 aromatic rings. The number of halogens is 1. The minimum absolute atomic E-state index is 0.112. The summed E-state index contributed by atoms with van der Waals surface area (Å²) in [5.74, 6) is -0.538. The van der Waals surface area contributed by atoms with Crippen molar-refractivity contribution in [2.24, 2.45) is 0 Å². The lowest BCUT2D eigenvalue weighted by Gasteiger charge is -2.26. The lowest BCUT2D eigenvalue weighted by atomic mass is 10.1. The number of methoxy groups -OCH3 is 1. The first-order chi connectivity index (χ1) is 17.9. The predicted octanol–water partition coefficient (Wildman–Crippen LogP) is 4.87. The molecule has 3 aromatic carbocycles. The lowest BCUT2D eigenvalue weighted by Crippen LogP contribution is -2.54. The standard InChI is InChI=1S/C28H25FN2O6/c1-3-14-36-22-12-9-21(10-13-22)31-27(33)24(26(32)30-28(31)34)15-19-6-11-23(35-2)16-25(19)37-17-18-4-7-20(29)8-5-18/h4-13,15-16H,3,14,17H2,1-2H3,(H,30,32,34)/b24-15-. The van der Waals surface area contributed by atoms with E-state index >= 15 is 0 Å². The Morgan fingerprint density at radius 1 is 0.919 bits per heavy atom. The van der Waals surface area contributed by atoms with Crippen molar-refractivity contribution in [1.29, 1.82) is 0 Å². The van der Waals surface area contributed by atoms with Crippen molar-refractivity contribution in [3.8, 4) is 17.2 Å². The van der Waals surface area contributed by atoms with Crippen molar-refractivity contribution in [2.45, 2.75) is 20.0 Å². The molecule has 1 saturated heterocycles. The van der Waals surface area contributed by atoms with Crippen LogP contribution in [-0.2, 0) is 16.2 Å². The number of imide groups is 2. The first-order valence-corrected chi connectivity index (χ1v) is 11.6. The number of nitrogens with one attached hydrogen (secondary N) is 1. The molecular formula is C28H25FN2O6. The molecule has 9 heteroatoms. The van der Waals surface area contributed by atoms with Crippen molar-refractivity contribution in [3.05, 3.63) is 89.2 Å². The van der Waals surface area contributed by atoms with Gasteiger partial charge in [0.25, 0.3) is 11.8 Å². The zero-order valence-corrected chi connectivity index (χ0v) is 20.3. The molecule has 1 heterocycles. The summed E-state index contributed by atoms with van der Waals surface area (Å²) in [4.78, 5) is 39.4. The number of hydrogen-bond acceptors (Lipinski definition) is 6. The third-order valence-corrected chi connectivity index (χ3v) is 5.50. The largest absolute Gasteiger partial charge is 0.497 e. The number of barbiturate groups is 1. The van der Waals surface area contributed by atoms with Gasteiger partial charge in [-0.2, -0.15) is 0 Å². The Hall–Kier alpha value is -4.66. The van der Waals surface area contributed by atoms with Gasteiger partial charge in [0, 0.05) is 11.6 Å². The van der Waals surface area contributed by atoms with Crippen LogP contribution >= 0.6 is 0 Å². The van der Waals surface area contributed by atoms with Crippen LogP contribution in [0.1, 0.15) is 24.5 Å². The Morgan fingerprint density at radius 3 is 2.30 bits per heavy atom. The van der Waals surface area contributed by atoms with Crippen LogP contribution in [0.5, 0.6) is 17.2 Å². The van der Waals surface area contributed by atoms with E-state index in [9.17, 15) is 18.8 Å². The molecular weight excluding hydrogens is 479 g/mol. The van der Waals surface area contributed by atoms with Gasteiger partial charge in [0.15, 0.2) is 0 Å². The highest BCUT2D eigenvalue weighted by Gasteiger charge is 2.37. The number of rotatable bonds is 9. The quantitative estimate of drug-likeness (QED) is 0.330. The molecule has 8 nitrogen and oxygen atoms in total. The summed E-state index contributed by atoms with van der Waals surface area (Å²) < 4.78 is 30.0. The zero-order chi connectivity index (χ0) is 26.4. The summed E-state index contributed by atoms with van der Waals surface area (Å²) in [6.45, 7) is 2.64. The minimum atomic E-state index is -0.850. The fourth-order valence-corrected chi connectivity index (χ4v) is 3.59. The van der Waals surface area contributed by atoms with Crippen LogP contribution in [0.3, 0.4) is 0 Å². The van der Waals surface area contributed by atoms with Crippen LogP contribution < -0.4 is 24.4 Å². The van der Waals surface area contributed by atoms with Crippen molar-refractivity contribution < 1.29 is 33.0 Å². The lowest BCUT2D eigenvalue weighted by molar-refractivity contribution is -0.122. The molecule has 1 N–H and O–H groups in total. The summed E-state index contributed by atoms with van der Waals surface area (Å²) in [6.07, 6.45) is 2.20. The molecule has 0 bridgehead atoms. The van der Waals surface area contributed by atoms with Crippen molar-refractivity contribution in [2.75, 3.05) is 18.6 Å². The summed E-state index contributed by atoms with van der Waals surface area (Å²) in [6, 6.07) is 16.3. The zero-order valence-electron chi connectivity index (χ0n) is 20.3. The average molecular weight is 505 g/mol. The number of nitrogens with zero attached hydrogens (tertiary/aromatic N) is 1. The molecule has 0 radical (unpaired) electrons. The molecule has 190 valence electrons. The van der Waals surface area contributed by atoms with Gasteiger partial charge in [-0.25, -0.2) is 14.1 Å². The molecule has 37 heavy (non-hydrogen) atoms. The van der Waals surface area contributed by atoms with Crippen LogP contribution in [0.4, 0.5) is 14.9 Å². The van der Waals surface area contributed by atoms with E-state index in [0.29, 0.717) is 29.4 Å². The van der Waals surface area contributed by atoms with Gasteiger partial charge in [0.1, 0.15) is 35.2 Å². The highest BCUT2D eigenvalue weighted by Crippen LogP contribution is 2.30. The maximum Gasteiger partial charge on any atom is 0.335 e. The Bertz CT molecular complexity index is 1340. The number of anilines is 1. The van der Waals surface area contributed by atoms with Crippen LogP contribution in [0.25, 0.3) is 6.08 Å². The number of hydrogen-bond donors (Lipinski definition) is 1. The van der Waals surface area contributed by atoms with Gasteiger partial charge in [-0.1, -0.05) is 19.1 Å². The fourth-order valence-electron chi connectivity index (χ4n) is 3.59. The normalized spacial score (nSPS) is 14.5. The minimum Gasteiger partial charge on any atom is -0.497 e. The molecule has 0 aliphatic carbocycles. The molecule has 0 unspecified atom stereocenters. The smallest absolute Gasteiger partial charge is 0.335 e. The van der Waals surface area contributed by atoms with Crippen LogP contribution in [0.15, 0.2) is 72.3 Å². The maximum absolute atomic E-state index is 13.3. The van der Waals surface area contributed by atoms with Gasteiger partial charge in [-0.05, 0) is 66.6 Å². The molecule has 0 saturated carbocycles. The van der Waals surface area contributed by atoms with Gasteiger partial charge in [0.05, 0.1) is 19.4 Å². The number of benzene rings is 3. The Labute approximate surface area is 213 Å². The van der Waals surface area contributed by atoms with Gasteiger partial charge < -0.3 is 14.2 Å². The van der Waals surface area contributed by atoms with E-state index in [0.717, 1.165) is 16.9 Å². The SMILES string of the molecule is CCCOc1ccc(N2C(=O)NC(=O)/C(=C/c3ccc(OC)cc3OCc3ccc(F)cc3)C2=O)cc1. The van der Waals surface area contributed by atoms with E-state index in [1.165, 1.54) is 25.3 Å². The second-order valence-corrected chi connectivity index (χ2v) is 8.12. The van der Waals surface area contributed by atoms with Crippen LogP contribution in [-0.4, -0.2) is 31.6 Å². The molecule has 1 aliphatic heterocycles. The second-order valence-electron chi connectivity index (χ2n) is 8.12. The molecule has 0 spiro atoms. The molecule has 0 aromatic heterocycles. The Morgan fingerprint density at radius 2 is 1.62 bits per heavy atom. The molecule has 4 rings (SSSR count). The summed E-state index contributed by atoms with van der Waals surface area (Å²) in [5, 5.41) is 2.21. The maximum atomic E-state index is 13.3. The number of urea groups is 1. The number of carbonyl (C=O) groups is 3. The van der Waals surface area contributed by atoms with Gasteiger partial charge in [-0.15, -0.1) is 0 Å². The molecule has 1 aliphatic rings. The second kappa shape index (κ2) is 11.4. The van der Waals surface area contributed by atoms with E-state index in [2.05, 4.69) is 5.32 Å². The molecule has 4 amide bonds. The Kier molecular flexibility index (Phi) is 7.83. The van der Waals surface area contributed by atoms with Gasteiger partial charge in [-0.3, -0.25) is 14.9 Å². The highest BCUT2D eigenvalue weighted by molar-refractivity contribution is 6.39. The first kappa shape index (κ1) is 25.4. The number of ether oxygens (including phenoxy) is 3. The predicted molar refractivity (Wildman–Crippen MR) is 135 cm³/mol. The van der Waals surface area contributed by atoms with Crippen molar-refractivity contribution in [3.63, 3.8) is 0 Å². The highest BCUT2D eigenvalue weighted by atomic mass is 19.1. The Balaban J connectivity index is 1.63. The average Bonchev–Trinajstić information content (AvgIpc) is 2.90. The molecule has 1 fully saturated rings.